The fraction of sp³-hybridized carbons (Fsp3) is 0.286. The lowest BCUT2D eigenvalue weighted by molar-refractivity contribution is -0.146. The number of carbonyl (C=O) groups is 3. The number of hydrogen-bond donors (Lipinski definition) is 1. The van der Waals surface area contributed by atoms with Crippen LogP contribution in [-0.2, 0) is 25.5 Å². The Morgan fingerprint density at radius 1 is 1.11 bits per heavy atom. The Kier molecular flexibility index (Phi) is 6.71. The topological polar surface area (TPSA) is 75.7 Å². The summed E-state index contributed by atoms with van der Waals surface area (Å²) in [7, 11) is 0. The number of ether oxygens (including phenoxy) is 1. The van der Waals surface area contributed by atoms with Gasteiger partial charge in [0, 0.05) is 29.2 Å². The Hall–Kier alpha value is -2.80. The molecule has 6 nitrogen and oxygen atoms in total. The molecule has 2 aromatic carbocycles. The lowest BCUT2D eigenvalue weighted by Gasteiger charge is -2.15. The summed E-state index contributed by atoms with van der Waals surface area (Å²) < 4.78 is 5.05. The van der Waals surface area contributed by atoms with Crippen LogP contribution in [0.4, 0.5) is 11.4 Å². The molecule has 1 aliphatic heterocycles. The summed E-state index contributed by atoms with van der Waals surface area (Å²) in [5.74, 6) is -0.729. The molecule has 28 heavy (non-hydrogen) atoms. The highest BCUT2D eigenvalue weighted by atomic mass is 32.2. The Labute approximate surface area is 168 Å². The summed E-state index contributed by atoms with van der Waals surface area (Å²) >= 11 is 1.62. The molecule has 0 radical (unpaired) electrons. The summed E-state index contributed by atoms with van der Waals surface area (Å²) in [6, 6.07) is 14.7. The van der Waals surface area contributed by atoms with Crippen LogP contribution in [0.5, 0.6) is 0 Å². The third-order valence-corrected chi connectivity index (χ3v) is 5.15. The summed E-state index contributed by atoms with van der Waals surface area (Å²) in [4.78, 5) is 38.5. The van der Waals surface area contributed by atoms with E-state index in [0.29, 0.717) is 12.1 Å². The van der Waals surface area contributed by atoms with Gasteiger partial charge in [-0.05, 0) is 54.6 Å². The van der Waals surface area contributed by atoms with Crippen molar-refractivity contribution < 1.29 is 19.1 Å². The molecule has 0 aliphatic carbocycles. The molecule has 0 bridgehead atoms. The van der Waals surface area contributed by atoms with Gasteiger partial charge in [-0.15, -0.1) is 11.8 Å². The van der Waals surface area contributed by atoms with Crippen LogP contribution in [0.3, 0.4) is 0 Å². The van der Waals surface area contributed by atoms with Gasteiger partial charge in [-0.2, -0.15) is 0 Å². The molecule has 0 atom stereocenters. The number of anilines is 2. The van der Waals surface area contributed by atoms with Gasteiger partial charge in [0.05, 0.1) is 6.42 Å². The molecule has 3 rings (SSSR count). The first kappa shape index (κ1) is 19.9. The molecule has 0 unspecified atom stereocenters. The normalized spacial score (nSPS) is 13.5. The maximum atomic E-state index is 12.0. The second kappa shape index (κ2) is 9.41. The maximum Gasteiger partial charge on any atom is 0.310 e. The van der Waals surface area contributed by atoms with Crippen LogP contribution in [-0.4, -0.2) is 37.2 Å². The van der Waals surface area contributed by atoms with Crippen molar-refractivity contribution in [1.82, 2.24) is 0 Å². The van der Waals surface area contributed by atoms with E-state index in [0.717, 1.165) is 29.1 Å². The SMILES string of the molecule is CSc1ccc(NC(=O)COC(=O)Cc2ccc(N3CCCC3=O)cc2)cc1. The fourth-order valence-electron chi connectivity index (χ4n) is 2.95. The van der Waals surface area contributed by atoms with Crippen molar-refractivity contribution in [3.05, 3.63) is 54.1 Å². The van der Waals surface area contributed by atoms with Crippen molar-refractivity contribution in [2.75, 3.05) is 29.6 Å². The molecule has 1 heterocycles. The zero-order valence-electron chi connectivity index (χ0n) is 15.6. The molecule has 0 saturated carbocycles. The first-order chi connectivity index (χ1) is 13.5. The van der Waals surface area contributed by atoms with Crippen LogP contribution >= 0.6 is 11.8 Å². The second-order valence-electron chi connectivity index (χ2n) is 6.43. The van der Waals surface area contributed by atoms with Gasteiger partial charge < -0.3 is 15.0 Å². The molecule has 7 heteroatoms. The molecule has 0 spiro atoms. The molecular weight excluding hydrogens is 376 g/mol. The molecule has 146 valence electrons. The molecule has 2 aromatic rings. The molecule has 1 saturated heterocycles. The quantitative estimate of drug-likeness (QED) is 0.572. The van der Waals surface area contributed by atoms with E-state index in [1.54, 1.807) is 40.9 Å². The Bertz CT molecular complexity index is 850. The number of carbonyl (C=O) groups excluding carboxylic acids is 3. The average molecular weight is 398 g/mol. The zero-order valence-corrected chi connectivity index (χ0v) is 16.5. The minimum absolute atomic E-state index is 0.0733. The standard InChI is InChI=1S/C21H22N2O4S/c1-28-18-10-6-16(7-11-18)22-19(24)14-27-21(26)13-15-4-8-17(9-5-15)23-12-2-3-20(23)25/h4-11H,2-3,12-14H2,1H3,(H,22,24). The smallest absolute Gasteiger partial charge is 0.310 e. The third-order valence-electron chi connectivity index (χ3n) is 4.41. The summed E-state index contributed by atoms with van der Waals surface area (Å²) in [6.07, 6.45) is 3.50. The van der Waals surface area contributed by atoms with Crippen molar-refractivity contribution in [1.29, 1.82) is 0 Å². The highest BCUT2D eigenvalue weighted by molar-refractivity contribution is 7.98. The van der Waals surface area contributed by atoms with Crippen molar-refractivity contribution >= 4 is 40.9 Å². The number of rotatable bonds is 7. The Balaban J connectivity index is 1.44. The lowest BCUT2D eigenvalue weighted by atomic mass is 10.1. The number of amides is 2. The van der Waals surface area contributed by atoms with Gasteiger partial charge in [0.25, 0.3) is 5.91 Å². The first-order valence-electron chi connectivity index (χ1n) is 9.04. The molecule has 1 aliphatic rings. The summed E-state index contributed by atoms with van der Waals surface area (Å²) in [6.45, 7) is 0.402. The van der Waals surface area contributed by atoms with Crippen molar-refractivity contribution in [2.24, 2.45) is 0 Å². The fourth-order valence-corrected chi connectivity index (χ4v) is 3.36. The van der Waals surface area contributed by atoms with Gasteiger partial charge in [0.1, 0.15) is 0 Å². The number of thioether (sulfide) groups is 1. The van der Waals surface area contributed by atoms with Gasteiger partial charge in [-0.3, -0.25) is 14.4 Å². The predicted molar refractivity (Wildman–Crippen MR) is 110 cm³/mol. The summed E-state index contributed by atoms with van der Waals surface area (Å²) in [5, 5.41) is 2.69. The van der Waals surface area contributed by atoms with E-state index in [1.165, 1.54) is 0 Å². The second-order valence-corrected chi connectivity index (χ2v) is 7.31. The molecule has 1 N–H and O–H groups in total. The molecule has 2 amide bonds. The third kappa shape index (κ3) is 5.36. The van der Waals surface area contributed by atoms with Gasteiger partial charge in [0.2, 0.25) is 5.91 Å². The first-order valence-corrected chi connectivity index (χ1v) is 10.3. The lowest BCUT2D eigenvalue weighted by Crippen LogP contribution is -2.23. The van der Waals surface area contributed by atoms with Crippen LogP contribution in [0.15, 0.2) is 53.4 Å². The molecule has 1 fully saturated rings. The minimum Gasteiger partial charge on any atom is -0.455 e. The van der Waals surface area contributed by atoms with Crippen LogP contribution < -0.4 is 10.2 Å². The average Bonchev–Trinajstić information content (AvgIpc) is 3.13. The van der Waals surface area contributed by atoms with E-state index >= 15 is 0 Å². The van der Waals surface area contributed by atoms with E-state index < -0.39 is 5.97 Å². The highest BCUT2D eigenvalue weighted by Gasteiger charge is 2.21. The van der Waals surface area contributed by atoms with Gasteiger partial charge in [-0.25, -0.2) is 0 Å². The highest BCUT2D eigenvalue weighted by Crippen LogP contribution is 2.22. The monoisotopic (exact) mass is 398 g/mol. The van der Waals surface area contributed by atoms with Crippen LogP contribution in [0.1, 0.15) is 18.4 Å². The molecular formula is C21H22N2O4S. The van der Waals surface area contributed by atoms with Crippen molar-refractivity contribution in [2.45, 2.75) is 24.2 Å². The number of nitrogens with one attached hydrogen (secondary N) is 1. The predicted octanol–water partition coefficient (Wildman–Crippen LogP) is 3.26. The van der Waals surface area contributed by atoms with E-state index in [2.05, 4.69) is 5.32 Å². The largest absolute Gasteiger partial charge is 0.455 e. The Morgan fingerprint density at radius 3 is 2.43 bits per heavy atom. The minimum atomic E-state index is -0.474. The van der Waals surface area contributed by atoms with E-state index in [-0.39, 0.29) is 24.8 Å². The number of hydrogen-bond acceptors (Lipinski definition) is 5. The summed E-state index contributed by atoms with van der Waals surface area (Å²) in [5.41, 5.74) is 2.27. The number of benzene rings is 2. The zero-order chi connectivity index (χ0) is 19.9. The van der Waals surface area contributed by atoms with Crippen LogP contribution in [0, 0.1) is 0 Å². The van der Waals surface area contributed by atoms with Gasteiger partial charge >= 0.3 is 5.97 Å². The molecule has 0 aromatic heterocycles. The van der Waals surface area contributed by atoms with Gasteiger partial charge in [-0.1, -0.05) is 12.1 Å². The number of nitrogens with zero attached hydrogens (tertiary/aromatic N) is 1. The Morgan fingerprint density at radius 2 is 1.82 bits per heavy atom. The van der Waals surface area contributed by atoms with Crippen molar-refractivity contribution in [3.63, 3.8) is 0 Å². The van der Waals surface area contributed by atoms with E-state index in [4.69, 9.17) is 4.74 Å². The van der Waals surface area contributed by atoms with Crippen molar-refractivity contribution in [3.8, 4) is 0 Å². The number of esters is 1. The van der Waals surface area contributed by atoms with Crippen LogP contribution in [0.2, 0.25) is 0 Å². The van der Waals surface area contributed by atoms with Gasteiger partial charge in [0.15, 0.2) is 6.61 Å². The maximum absolute atomic E-state index is 12.0. The van der Waals surface area contributed by atoms with Crippen LogP contribution in [0.25, 0.3) is 0 Å². The van der Waals surface area contributed by atoms with E-state index in [9.17, 15) is 14.4 Å². The van der Waals surface area contributed by atoms with E-state index in [1.807, 2.05) is 30.5 Å².